The van der Waals surface area contributed by atoms with Crippen LogP contribution in [0.3, 0.4) is 0 Å². The van der Waals surface area contributed by atoms with Gasteiger partial charge in [-0.05, 0) is 68.4 Å². The normalized spacial score (nSPS) is 17.4. The Labute approximate surface area is 210 Å². The number of piperidine rings is 1. The van der Waals surface area contributed by atoms with Crippen molar-refractivity contribution in [3.8, 4) is 0 Å². The van der Waals surface area contributed by atoms with Crippen LogP contribution in [0, 0.1) is 5.92 Å². The van der Waals surface area contributed by atoms with E-state index >= 15 is 0 Å². The van der Waals surface area contributed by atoms with Crippen LogP contribution in [0.4, 0.5) is 11.4 Å². The molecule has 1 saturated carbocycles. The van der Waals surface area contributed by atoms with Crippen LogP contribution >= 0.6 is 11.7 Å². The van der Waals surface area contributed by atoms with E-state index in [4.69, 9.17) is 0 Å². The predicted molar refractivity (Wildman–Crippen MR) is 139 cm³/mol. The first-order valence-electron chi connectivity index (χ1n) is 12.4. The van der Waals surface area contributed by atoms with Gasteiger partial charge in [0, 0.05) is 25.3 Å². The van der Waals surface area contributed by atoms with Crippen LogP contribution in [-0.2, 0) is 10.0 Å². The van der Waals surface area contributed by atoms with Crippen LogP contribution in [0.2, 0.25) is 0 Å². The van der Waals surface area contributed by atoms with E-state index < -0.39 is 10.0 Å². The summed E-state index contributed by atoms with van der Waals surface area (Å²) in [6.45, 7) is 2.22. The SMILES string of the molecule is O=C(c1ccc(NCC2CCCCC2)cc1NS(=O)(=O)c1cccc2nsnc12)N1CCCCC1. The van der Waals surface area contributed by atoms with Crippen LogP contribution in [0.15, 0.2) is 41.3 Å². The molecule has 1 aliphatic carbocycles. The summed E-state index contributed by atoms with van der Waals surface area (Å²) in [5, 5.41) is 3.47. The van der Waals surface area contributed by atoms with E-state index in [9.17, 15) is 13.2 Å². The van der Waals surface area contributed by atoms with Gasteiger partial charge in [0.15, 0.2) is 0 Å². The number of sulfonamides is 1. The summed E-state index contributed by atoms with van der Waals surface area (Å²) in [6.07, 6.45) is 9.29. The van der Waals surface area contributed by atoms with Crippen LogP contribution in [0.25, 0.3) is 11.0 Å². The van der Waals surface area contributed by atoms with Gasteiger partial charge in [-0.3, -0.25) is 9.52 Å². The minimum atomic E-state index is -3.99. The molecule has 0 atom stereocenters. The number of fused-ring (bicyclic) bond motifs is 1. The van der Waals surface area contributed by atoms with Gasteiger partial charge >= 0.3 is 0 Å². The molecular weight excluding hydrogens is 482 g/mol. The number of benzene rings is 2. The summed E-state index contributed by atoms with van der Waals surface area (Å²) in [7, 11) is -3.99. The molecule has 3 aromatic rings. The van der Waals surface area contributed by atoms with Crippen molar-refractivity contribution in [2.24, 2.45) is 5.92 Å². The van der Waals surface area contributed by atoms with E-state index in [-0.39, 0.29) is 16.5 Å². The fourth-order valence-corrected chi connectivity index (χ4v) is 6.88. The molecule has 2 N–H and O–H groups in total. The van der Waals surface area contributed by atoms with Crippen molar-refractivity contribution in [3.05, 3.63) is 42.0 Å². The van der Waals surface area contributed by atoms with Crippen LogP contribution < -0.4 is 10.0 Å². The van der Waals surface area contributed by atoms with E-state index in [1.54, 1.807) is 24.3 Å². The maximum atomic E-state index is 13.5. The molecule has 2 aliphatic rings. The van der Waals surface area contributed by atoms with Gasteiger partial charge in [-0.25, -0.2) is 8.42 Å². The molecule has 5 rings (SSSR count). The zero-order valence-electron chi connectivity index (χ0n) is 19.7. The Morgan fingerprint density at radius 1 is 1.00 bits per heavy atom. The number of rotatable bonds is 7. The van der Waals surface area contributed by atoms with Gasteiger partial charge in [-0.2, -0.15) is 8.75 Å². The highest BCUT2D eigenvalue weighted by Gasteiger charge is 2.26. The number of likely N-dealkylation sites (tertiary alicyclic amines) is 1. The lowest BCUT2D eigenvalue weighted by Crippen LogP contribution is -2.36. The molecular formula is C25H31N5O3S2. The Morgan fingerprint density at radius 2 is 1.77 bits per heavy atom. The molecule has 8 nitrogen and oxygen atoms in total. The first kappa shape index (κ1) is 24.0. The summed E-state index contributed by atoms with van der Waals surface area (Å²) < 4.78 is 38.0. The van der Waals surface area contributed by atoms with Crippen molar-refractivity contribution in [1.29, 1.82) is 0 Å². The Morgan fingerprint density at radius 3 is 2.57 bits per heavy atom. The highest BCUT2D eigenvalue weighted by molar-refractivity contribution is 7.93. The van der Waals surface area contributed by atoms with Crippen LogP contribution in [0.1, 0.15) is 61.7 Å². The number of aromatic nitrogens is 2. The zero-order chi connectivity index (χ0) is 24.3. The Balaban J connectivity index is 1.45. The molecule has 0 unspecified atom stereocenters. The topological polar surface area (TPSA) is 104 Å². The lowest BCUT2D eigenvalue weighted by atomic mass is 9.89. The van der Waals surface area contributed by atoms with Gasteiger partial charge in [0.05, 0.1) is 23.0 Å². The number of carbonyl (C=O) groups is 1. The average Bonchev–Trinajstić information content (AvgIpc) is 3.37. The standard InChI is InChI=1S/C25H31N5O3S2/c31-25(30-14-5-2-6-15-30)20-13-12-19(26-17-18-8-3-1-4-9-18)16-22(20)29-35(32,33)23-11-7-10-21-24(23)28-34-27-21/h7,10-13,16,18,26,29H,1-6,8-9,14-15,17H2. The predicted octanol–water partition coefficient (Wildman–Crippen LogP) is 5.11. The fraction of sp³-hybridized carbons (Fsp3) is 0.480. The number of nitrogens with one attached hydrogen (secondary N) is 2. The van der Waals surface area contributed by atoms with Crippen molar-refractivity contribution in [2.45, 2.75) is 56.3 Å². The van der Waals surface area contributed by atoms with E-state index in [1.807, 2.05) is 11.0 Å². The molecule has 2 heterocycles. The Bertz CT molecular complexity index is 1300. The van der Waals surface area contributed by atoms with Gasteiger partial charge in [-0.15, -0.1) is 0 Å². The highest BCUT2D eigenvalue weighted by atomic mass is 32.2. The van der Waals surface area contributed by atoms with Gasteiger partial charge in [0.1, 0.15) is 15.9 Å². The van der Waals surface area contributed by atoms with E-state index in [0.717, 1.165) is 43.2 Å². The van der Waals surface area contributed by atoms with Crippen molar-refractivity contribution < 1.29 is 13.2 Å². The molecule has 10 heteroatoms. The molecule has 186 valence electrons. The summed E-state index contributed by atoms with van der Waals surface area (Å²) in [5.41, 5.74) is 2.32. The van der Waals surface area contributed by atoms with E-state index in [2.05, 4.69) is 18.8 Å². The lowest BCUT2D eigenvalue weighted by molar-refractivity contribution is 0.0725. The monoisotopic (exact) mass is 513 g/mol. The second kappa shape index (κ2) is 10.5. The second-order valence-corrected chi connectivity index (χ2v) is 11.7. The molecule has 0 bridgehead atoms. The molecule has 0 radical (unpaired) electrons. The van der Waals surface area contributed by atoms with Gasteiger partial charge in [-0.1, -0.05) is 25.3 Å². The Kier molecular flexibility index (Phi) is 7.19. The van der Waals surface area contributed by atoms with Crippen molar-refractivity contribution in [3.63, 3.8) is 0 Å². The third-order valence-corrected chi connectivity index (χ3v) is 8.94. The smallest absolute Gasteiger partial charge is 0.264 e. The summed E-state index contributed by atoms with van der Waals surface area (Å²) in [5.74, 6) is 0.475. The van der Waals surface area contributed by atoms with Crippen LogP contribution in [0.5, 0.6) is 0 Å². The number of amides is 1. The molecule has 35 heavy (non-hydrogen) atoms. The zero-order valence-corrected chi connectivity index (χ0v) is 21.3. The summed E-state index contributed by atoms with van der Waals surface area (Å²) >= 11 is 0.976. The maximum Gasteiger partial charge on any atom is 0.264 e. The molecule has 2 fully saturated rings. The number of hydrogen-bond acceptors (Lipinski definition) is 7. The summed E-state index contributed by atoms with van der Waals surface area (Å²) in [4.78, 5) is 15.3. The molecule has 2 aromatic carbocycles. The van der Waals surface area contributed by atoms with Crippen LogP contribution in [-0.4, -0.2) is 47.6 Å². The molecule has 1 amide bonds. The maximum absolute atomic E-state index is 13.5. The number of hydrogen-bond donors (Lipinski definition) is 2. The third kappa shape index (κ3) is 5.43. The third-order valence-electron chi connectivity index (χ3n) is 7.00. The van der Waals surface area contributed by atoms with E-state index in [0.29, 0.717) is 35.6 Å². The first-order valence-corrected chi connectivity index (χ1v) is 14.6. The second-order valence-electron chi connectivity index (χ2n) is 9.49. The molecule has 1 saturated heterocycles. The van der Waals surface area contributed by atoms with Gasteiger partial charge in [0.25, 0.3) is 15.9 Å². The highest BCUT2D eigenvalue weighted by Crippen LogP contribution is 2.30. The first-order chi connectivity index (χ1) is 17.0. The fourth-order valence-electron chi connectivity index (χ4n) is 5.04. The molecule has 1 aliphatic heterocycles. The van der Waals surface area contributed by atoms with Crippen molar-refractivity contribution in [2.75, 3.05) is 29.7 Å². The van der Waals surface area contributed by atoms with Gasteiger partial charge < -0.3 is 10.2 Å². The van der Waals surface area contributed by atoms with Crippen molar-refractivity contribution >= 4 is 50.1 Å². The Hall–Kier alpha value is -2.72. The minimum Gasteiger partial charge on any atom is -0.385 e. The van der Waals surface area contributed by atoms with Crippen molar-refractivity contribution in [1.82, 2.24) is 13.6 Å². The minimum absolute atomic E-state index is 0.0562. The number of nitrogens with zero attached hydrogens (tertiary/aromatic N) is 3. The number of anilines is 2. The lowest BCUT2D eigenvalue weighted by Gasteiger charge is -2.28. The summed E-state index contributed by atoms with van der Waals surface area (Å²) in [6, 6.07) is 10.3. The average molecular weight is 514 g/mol. The molecule has 0 spiro atoms. The van der Waals surface area contributed by atoms with Gasteiger partial charge in [0.2, 0.25) is 0 Å². The number of carbonyl (C=O) groups excluding carboxylic acids is 1. The largest absolute Gasteiger partial charge is 0.385 e. The molecule has 1 aromatic heterocycles. The van der Waals surface area contributed by atoms with E-state index in [1.165, 1.54) is 38.2 Å². The quantitative estimate of drug-likeness (QED) is 0.455.